The van der Waals surface area contributed by atoms with E-state index < -0.39 is 6.04 Å². The van der Waals surface area contributed by atoms with E-state index in [4.69, 9.17) is 10.5 Å². The van der Waals surface area contributed by atoms with Gasteiger partial charge in [-0.3, -0.25) is 4.79 Å². The monoisotopic (exact) mass is 374 g/mol. The topological polar surface area (TPSA) is 64.4 Å². The van der Waals surface area contributed by atoms with E-state index in [0.717, 1.165) is 19.3 Å². The van der Waals surface area contributed by atoms with Crippen LogP contribution in [0.2, 0.25) is 0 Å². The van der Waals surface area contributed by atoms with E-state index >= 15 is 0 Å². The summed E-state index contributed by atoms with van der Waals surface area (Å²) in [5.41, 5.74) is 9.71. The Hall–Kier alpha value is -1.88. The first-order chi connectivity index (χ1) is 12.2. The van der Waals surface area contributed by atoms with Gasteiger partial charge in [-0.25, -0.2) is 0 Å². The fourth-order valence-corrected chi connectivity index (χ4v) is 3.27. The van der Waals surface area contributed by atoms with Gasteiger partial charge in [-0.2, -0.15) is 0 Å². The number of amides is 1. The Morgan fingerprint density at radius 2 is 1.77 bits per heavy atom. The van der Waals surface area contributed by atoms with Crippen LogP contribution >= 0.6 is 12.4 Å². The van der Waals surface area contributed by atoms with Crippen molar-refractivity contribution in [2.24, 2.45) is 11.7 Å². The number of ether oxygens (including phenoxy) is 1. The molecular formula is C21H27ClN2O2. The molecule has 26 heavy (non-hydrogen) atoms. The van der Waals surface area contributed by atoms with E-state index in [1.54, 1.807) is 0 Å². The van der Waals surface area contributed by atoms with Crippen LogP contribution < -0.4 is 11.1 Å². The molecule has 0 spiro atoms. The molecule has 1 amide bonds. The van der Waals surface area contributed by atoms with Crippen LogP contribution in [0.3, 0.4) is 0 Å². The lowest BCUT2D eigenvalue weighted by molar-refractivity contribution is -0.124. The van der Waals surface area contributed by atoms with Crippen LogP contribution in [0.5, 0.6) is 0 Å². The molecule has 1 heterocycles. The molecule has 0 bridgehead atoms. The summed E-state index contributed by atoms with van der Waals surface area (Å²) in [6.45, 7) is 2.02. The van der Waals surface area contributed by atoms with E-state index in [1.165, 1.54) is 16.7 Å². The quantitative estimate of drug-likeness (QED) is 0.816. The second-order valence-corrected chi connectivity index (χ2v) is 6.58. The molecule has 1 unspecified atom stereocenters. The van der Waals surface area contributed by atoms with Gasteiger partial charge in [-0.1, -0.05) is 54.6 Å². The van der Waals surface area contributed by atoms with Crippen molar-refractivity contribution >= 4 is 18.3 Å². The van der Waals surface area contributed by atoms with Crippen molar-refractivity contribution < 1.29 is 9.53 Å². The van der Waals surface area contributed by atoms with E-state index in [-0.39, 0.29) is 24.2 Å². The third kappa shape index (κ3) is 5.56. The number of nitrogens with two attached hydrogens (primary N) is 1. The van der Waals surface area contributed by atoms with Gasteiger partial charge in [0.05, 0.1) is 6.04 Å². The normalized spacial score (nSPS) is 15.7. The second kappa shape index (κ2) is 10.3. The van der Waals surface area contributed by atoms with Crippen LogP contribution in [0.15, 0.2) is 54.6 Å². The maximum Gasteiger partial charge on any atom is 0.237 e. The molecule has 3 N–H and O–H groups in total. The molecule has 2 aromatic rings. The number of carbonyl (C=O) groups excluding carboxylic acids is 1. The van der Waals surface area contributed by atoms with Gasteiger partial charge < -0.3 is 15.8 Å². The predicted octanol–water partition coefficient (Wildman–Crippen LogP) is 3.19. The molecule has 0 saturated carbocycles. The maximum absolute atomic E-state index is 12.2. The summed E-state index contributed by atoms with van der Waals surface area (Å²) in [6, 6.07) is 18.3. The maximum atomic E-state index is 12.2. The van der Waals surface area contributed by atoms with Crippen LogP contribution in [0, 0.1) is 5.92 Å². The first kappa shape index (κ1) is 20.4. The molecule has 2 aromatic carbocycles. The highest BCUT2D eigenvalue weighted by Crippen LogP contribution is 2.20. The van der Waals surface area contributed by atoms with E-state index in [1.807, 2.05) is 18.2 Å². The Morgan fingerprint density at radius 1 is 1.08 bits per heavy atom. The van der Waals surface area contributed by atoms with Crippen molar-refractivity contribution in [3.8, 4) is 11.1 Å². The van der Waals surface area contributed by atoms with Gasteiger partial charge in [-0.05, 0) is 41.9 Å². The zero-order valence-electron chi connectivity index (χ0n) is 14.9. The predicted molar refractivity (Wildman–Crippen MR) is 107 cm³/mol. The Bertz CT molecular complexity index is 687. The Balaban J connectivity index is 0.00000243. The molecule has 3 rings (SSSR count). The standard InChI is InChI=1S/C21H26N2O2.ClH/c22-20(18-10-13-25-14-11-18)21(24)23-12-9-16-5-4-8-19(15-16)17-6-2-1-3-7-17;/h1-8,15,18,20H,9-14,22H2,(H,23,24);1H. The zero-order chi connectivity index (χ0) is 17.5. The highest BCUT2D eigenvalue weighted by molar-refractivity contribution is 5.85. The first-order valence-electron chi connectivity index (χ1n) is 8.99. The lowest BCUT2D eigenvalue weighted by atomic mass is 9.92. The minimum Gasteiger partial charge on any atom is -0.381 e. The number of benzene rings is 2. The molecular weight excluding hydrogens is 348 g/mol. The van der Waals surface area contributed by atoms with Crippen molar-refractivity contribution in [2.75, 3.05) is 19.8 Å². The fourth-order valence-electron chi connectivity index (χ4n) is 3.27. The van der Waals surface area contributed by atoms with E-state index in [2.05, 4.69) is 41.7 Å². The van der Waals surface area contributed by atoms with Gasteiger partial charge in [0.2, 0.25) is 5.91 Å². The number of hydrogen-bond acceptors (Lipinski definition) is 3. The first-order valence-corrected chi connectivity index (χ1v) is 8.99. The van der Waals surface area contributed by atoms with Crippen LogP contribution in [-0.4, -0.2) is 31.7 Å². The fraction of sp³-hybridized carbons (Fsp3) is 0.381. The number of nitrogens with one attached hydrogen (secondary N) is 1. The molecule has 1 atom stereocenters. The largest absolute Gasteiger partial charge is 0.381 e. The van der Waals surface area contributed by atoms with Crippen molar-refractivity contribution in [3.05, 3.63) is 60.2 Å². The summed E-state index contributed by atoms with van der Waals surface area (Å²) < 4.78 is 5.33. The third-order valence-corrected chi connectivity index (χ3v) is 4.82. The summed E-state index contributed by atoms with van der Waals surface area (Å²) in [5.74, 6) is 0.182. The average molecular weight is 375 g/mol. The number of carbonyl (C=O) groups is 1. The Labute approximate surface area is 161 Å². The van der Waals surface area contributed by atoms with Crippen molar-refractivity contribution in [2.45, 2.75) is 25.3 Å². The third-order valence-electron chi connectivity index (χ3n) is 4.82. The number of halogens is 1. The molecule has 140 valence electrons. The van der Waals surface area contributed by atoms with Gasteiger partial charge in [-0.15, -0.1) is 12.4 Å². The molecule has 4 nitrogen and oxygen atoms in total. The van der Waals surface area contributed by atoms with Crippen molar-refractivity contribution in [1.82, 2.24) is 5.32 Å². The molecule has 0 aliphatic carbocycles. The summed E-state index contributed by atoms with van der Waals surface area (Å²) in [5, 5.41) is 2.98. The highest BCUT2D eigenvalue weighted by atomic mass is 35.5. The van der Waals surface area contributed by atoms with Crippen LogP contribution in [0.25, 0.3) is 11.1 Å². The Kier molecular flexibility index (Phi) is 8.10. The molecule has 5 heteroatoms. The van der Waals surface area contributed by atoms with Gasteiger partial charge >= 0.3 is 0 Å². The SMILES string of the molecule is Cl.NC(C(=O)NCCc1cccc(-c2ccccc2)c1)C1CCOCC1. The molecule has 1 fully saturated rings. The second-order valence-electron chi connectivity index (χ2n) is 6.58. The lowest BCUT2D eigenvalue weighted by Gasteiger charge is -2.26. The van der Waals surface area contributed by atoms with Gasteiger partial charge in [0, 0.05) is 19.8 Å². The lowest BCUT2D eigenvalue weighted by Crippen LogP contribution is -2.47. The molecule has 0 radical (unpaired) electrons. The van der Waals surface area contributed by atoms with Gasteiger partial charge in [0.15, 0.2) is 0 Å². The van der Waals surface area contributed by atoms with Crippen molar-refractivity contribution in [1.29, 1.82) is 0 Å². The van der Waals surface area contributed by atoms with Crippen LogP contribution in [0.1, 0.15) is 18.4 Å². The minimum atomic E-state index is -0.431. The number of rotatable bonds is 6. The van der Waals surface area contributed by atoms with Crippen LogP contribution in [0.4, 0.5) is 0 Å². The van der Waals surface area contributed by atoms with E-state index in [9.17, 15) is 4.79 Å². The van der Waals surface area contributed by atoms with Crippen LogP contribution in [-0.2, 0) is 16.0 Å². The molecule has 0 aromatic heterocycles. The van der Waals surface area contributed by atoms with E-state index in [0.29, 0.717) is 19.8 Å². The number of hydrogen-bond donors (Lipinski definition) is 2. The van der Waals surface area contributed by atoms with Gasteiger partial charge in [0.25, 0.3) is 0 Å². The smallest absolute Gasteiger partial charge is 0.237 e. The molecule has 1 saturated heterocycles. The summed E-state index contributed by atoms with van der Waals surface area (Å²) >= 11 is 0. The molecule has 1 aliphatic rings. The highest BCUT2D eigenvalue weighted by Gasteiger charge is 2.26. The average Bonchev–Trinajstić information content (AvgIpc) is 2.69. The van der Waals surface area contributed by atoms with Crippen molar-refractivity contribution in [3.63, 3.8) is 0 Å². The zero-order valence-corrected chi connectivity index (χ0v) is 15.7. The van der Waals surface area contributed by atoms with Gasteiger partial charge in [0.1, 0.15) is 0 Å². The Morgan fingerprint density at radius 3 is 2.50 bits per heavy atom. The summed E-state index contributed by atoms with van der Waals surface area (Å²) in [4.78, 5) is 12.2. The summed E-state index contributed by atoms with van der Waals surface area (Å²) in [7, 11) is 0. The summed E-state index contributed by atoms with van der Waals surface area (Å²) in [6.07, 6.45) is 2.54. The molecule has 1 aliphatic heterocycles. The minimum absolute atomic E-state index is 0.